The number of alkyl halides is 2. The summed E-state index contributed by atoms with van der Waals surface area (Å²) in [6.45, 7) is -2.13. The molecule has 2 amide bonds. The minimum absolute atomic E-state index is 0.0171. The van der Waals surface area contributed by atoms with Crippen LogP contribution in [0.5, 0.6) is 17.2 Å². The first-order valence-electron chi connectivity index (χ1n) is 10.4. The van der Waals surface area contributed by atoms with Crippen molar-refractivity contribution in [2.45, 2.75) is 13.5 Å². The van der Waals surface area contributed by atoms with Crippen LogP contribution in [0.25, 0.3) is 0 Å². The third kappa shape index (κ3) is 8.43. The molecular formula is C25H22F2N2O6. The summed E-state index contributed by atoms with van der Waals surface area (Å²) in [6.07, 6.45) is 0. The van der Waals surface area contributed by atoms with Crippen molar-refractivity contribution >= 4 is 23.5 Å². The van der Waals surface area contributed by atoms with Crippen LogP contribution < -0.4 is 20.1 Å². The van der Waals surface area contributed by atoms with Crippen molar-refractivity contribution in [2.75, 3.05) is 18.5 Å². The maximum Gasteiger partial charge on any atom is 0.387 e. The van der Waals surface area contributed by atoms with E-state index in [1.54, 1.807) is 24.3 Å². The zero-order valence-electron chi connectivity index (χ0n) is 18.6. The molecular weight excluding hydrogens is 462 g/mol. The molecule has 10 heteroatoms. The average Bonchev–Trinajstić information content (AvgIpc) is 2.83. The highest BCUT2D eigenvalue weighted by atomic mass is 19.3. The van der Waals surface area contributed by atoms with E-state index in [0.29, 0.717) is 17.2 Å². The molecule has 0 radical (unpaired) electrons. The standard InChI is InChI=1S/C25H22F2N2O6/c1-16-5-9-19(10-6-16)34-20-11-7-18(8-12-20)29-22(30)15-33-23(31)14-28-24(32)17-3-2-4-21(13-17)35-25(26)27/h2-13,25H,14-15H2,1H3,(H,28,32)(H,29,30). The van der Waals surface area contributed by atoms with Crippen molar-refractivity contribution in [1.29, 1.82) is 0 Å². The van der Waals surface area contributed by atoms with Gasteiger partial charge in [-0.3, -0.25) is 14.4 Å². The molecule has 0 saturated carbocycles. The first kappa shape index (κ1) is 25.2. The molecule has 0 aliphatic rings. The fourth-order valence-electron chi connectivity index (χ4n) is 2.81. The molecule has 35 heavy (non-hydrogen) atoms. The van der Waals surface area contributed by atoms with E-state index in [4.69, 9.17) is 9.47 Å². The third-order valence-electron chi connectivity index (χ3n) is 4.47. The van der Waals surface area contributed by atoms with Crippen LogP contribution in [0.2, 0.25) is 0 Å². The second kappa shape index (κ2) is 12.1. The molecule has 0 saturated heterocycles. The van der Waals surface area contributed by atoms with Crippen molar-refractivity contribution in [3.05, 3.63) is 83.9 Å². The number of aryl methyl sites for hydroxylation is 1. The molecule has 3 rings (SSSR count). The summed E-state index contributed by atoms with van der Waals surface area (Å²) in [5, 5.41) is 4.85. The summed E-state index contributed by atoms with van der Waals surface area (Å²) in [7, 11) is 0. The molecule has 0 aliphatic heterocycles. The molecule has 3 aromatic carbocycles. The van der Waals surface area contributed by atoms with Gasteiger partial charge in [0.25, 0.3) is 11.8 Å². The van der Waals surface area contributed by atoms with Gasteiger partial charge in [0, 0.05) is 11.3 Å². The monoisotopic (exact) mass is 484 g/mol. The largest absolute Gasteiger partial charge is 0.457 e. The van der Waals surface area contributed by atoms with Crippen LogP contribution in [0.1, 0.15) is 15.9 Å². The number of anilines is 1. The highest BCUT2D eigenvalue weighted by molar-refractivity contribution is 5.97. The SMILES string of the molecule is Cc1ccc(Oc2ccc(NC(=O)COC(=O)CNC(=O)c3cccc(OC(F)F)c3)cc2)cc1. The van der Waals surface area contributed by atoms with E-state index < -0.39 is 37.5 Å². The van der Waals surface area contributed by atoms with Gasteiger partial charge < -0.3 is 24.8 Å². The Kier molecular flexibility index (Phi) is 8.71. The normalized spacial score (nSPS) is 10.4. The van der Waals surface area contributed by atoms with Gasteiger partial charge in [-0.2, -0.15) is 8.78 Å². The lowest BCUT2D eigenvalue weighted by atomic mass is 10.2. The van der Waals surface area contributed by atoms with Gasteiger partial charge in [0.2, 0.25) is 0 Å². The Balaban J connectivity index is 1.39. The minimum atomic E-state index is -3.03. The molecule has 0 aromatic heterocycles. The lowest BCUT2D eigenvalue weighted by molar-refractivity contribution is -0.146. The maximum atomic E-state index is 12.3. The lowest BCUT2D eigenvalue weighted by Gasteiger charge is -2.10. The van der Waals surface area contributed by atoms with E-state index >= 15 is 0 Å². The van der Waals surface area contributed by atoms with Gasteiger partial charge in [0.15, 0.2) is 6.61 Å². The van der Waals surface area contributed by atoms with Gasteiger partial charge in [-0.15, -0.1) is 0 Å². The second-order valence-corrected chi connectivity index (χ2v) is 7.24. The molecule has 0 fully saturated rings. The molecule has 8 nitrogen and oxygen atoms in total. The number of hydrogen-bond acceptors (Lipinski definition) is 6. The highest BCUT2D eigenvalue weighted by Crippen LogP contribution is 2.23. The lowest BCUT2D eigenvalue weighted by Crippen LogP contribution is -2.32. The number of ether oxygens (including phenoxy) is 3. The highest BCUT2D eigenvalue weighted by Gasteiger charge is 2.13. The van der Waals surface area contributed by atoms with E-state index in [9.17, 15) is 23.2 Å². The molecule has 0 atom stereocenters. The summed E-state index contributed by atoms with van der Waals surface area (Å²) in [5.74, 6) is -1.05. The molecule has 2 N–H and O–H groups in total. The Bertz CT molecular complexity index is 1170. The molecule has 0 heterocycles. The van der Waals surface area contributed by atoms with Crippen molar-refractivity contribution in [3.63, 3.8) is 0 Å². The van der Waals surface area contributed by atoms with Gasteiger partial charge in [-0.1, -0.05) is 23.8 Å². The Morgan fingerprint density at radius 3 is 2.20 bits per heavy atom. The predicted octanol–water partition coefficient (Wildman–Crippen LogP) is 4.30. The fraction of sp³-hybridized carbons (Fsp3) is 0.160. The summed E-state index contributed by atoms with van der Waals surface area (Å²) in [6, 6.07) is 19.3. The number of benzene rings is 3. The Morgan fingerprint density at radius 1 is 0.886 bits per heavy atom. The number of amides is 2. The van der Waals surface area contributed by atoms with Crippen molar-refractivity contribution < 1.29 is 37.4 Å². The zero-order valence-corrected chi connectivity index (χ0v) is 18.6. The van der Waals surface area contributed by atoms with Gasteiger partial charge in [0.1, 0.15) is 23.8 Å². The van der Waals surface area contributed by atoms with Crippen LogP contribution in [0.15, 0.2) is 72.8 Å². The topological polar surface area (TPSA) is 103 Å². The number of carbonyl (C=O) groups is 3. The van der Waals surface area contributed by atoms with E-state index in [1.165, 1.54) is 18.2 Å². The molecule has 3 aromatic rings. The Hall–Kier alpha value is -4.47. The van der Waals surface area contributed by atoms with E-state index in [-0.39, 0.29) is 11.3 Å². The van der Waals surface area contributed by atoms with Crippen molar-refractivity contribution in [1.82, 2.24) is 5.32 Å². The molecule has 0 aliphatic carbocycles. The van der Waals surface area contributed by atoms with Crippen LogP contribution in [0.3, 0.4) is 0 Å². The van der Waals surface area contributed by atoms with Crippen LogP contribution in [-0.2, 0) is 14.3 Å². The smallest absolute Gasteiger partial charge is 0.387 e. The fourth-order valence-corrected chi connectivity index (χ4v) is 2.81. The van der Waals surface area contributed by atoms with E-state index in [0.717, 1.165) is 11.6 Å². The molecule has 182 valence electrons. The number of nitrogens with one attached hydrogen (secondary N) is 2. The Morgan fingerprint density at radius 2 is 1.54 bits per heavy atom. The van der Waals surface area contributed by atoms with Gasteiger partial charge in [0.05, 0.1) is 0 Å². The Labute approximate surface area is 199 Å². The van der Waals surface area contributed by atoms with Gasteiger partial charge in [-0.05, 0) is 61.5 Å². The van der Waals surface area contributed by atoms with Gasteiger partial charge >= 0.3 is 12.6 Å². The number of halogens is 2. The van der Waals surface area contributed by atoms with E-state index in [1.807, 2.05) is 31.2 Å². The second-order valence-electron chi connectivity index (χ2n) is 7.24. The molecule has 0 unspecified atom stereocenters. The number of rotatable bonds is 10. The molecule has 0 bridgehead atoms. The minimum Gasteiger partial charge on any atom is -0.457 e. The summed E-state index contributed by atoms with van der Waals surface area (Å²) in [5.41, 5.74) is 1.61. The van der Waals surface area contributed by atoms with Crippen LogP contribution in [0, 0.1) is 6.92 Å². The summed E-state index contributed by atoms with van der Waals surface area (Å²) in [4.78, 5) is 35.9. The van der Waals surface area contributed by atoms with Gasteiger partial charge in [-0.25, -0.2) is 0 Å². The van der Waals surface area contributed by atoms with E-state index in [2.05, 4.69) is 15.4 Å². The first-order chi connectivity index (χ1) is 16.8. The first-order valence-corrected chi connectivity index (χ1v) is 10.4. The number of carbonyl (C=O) groups excluding carboxylic acids is 3. The number of hydrogen-bond donors (Lipinski definition) is 2. The zero-order chi connectivity index (χ0) is 25.2. The third-order valence-corrected chi connectivity index (χ3v) is 4.47. The van der Waals surface area contributed by atoms with Crippen LogP contribution >= 0.6 is 0 Å². The quantitative estimate of drug-likeness (QED) is 0.416. The average molecular weight is 484 g/mol. The van der Waals surface area contributed by atoms with Crippen LogP contribution in [-0.4, -0.2) is 37.5 Å². The predicted molar refractivity (Wildman–Crippen MR) is 123 cm³/mol. The van der Waals surface area contributed by atoms with Crippen LogP contribution in [0.4, 0.5) is 14.5 Å². The molecule has 0 spiro atoms. The number of esters is 1. The summed E-state index contributed by atoms with van der Waals surface area (Å²) >= 11 is 0. The maximum absolute atomic E-state index is 12.3. The summed E-state index contributed by atoms with van der Waals surface area (Å²) < 4.78 is 39.3. The van der Waals surface area contributed by atoms with Crippen molar-refractivity contribution in [3.8, 4) is 17.2 Å². The van der Waals surface area contributed by atoms with Crippen molar-refractivity contribution in [2.24, 2.45) is 0 Å².